The second-order valence-electron chi connectivity index (χ2n) is 10.3. The number of aliphatic hydroxyl groups is 1. The van der Waals surface area contributed by atoms with Gasteiger partial charge in [0.1, 0.15) is 23.1 Å². The highest BCUT2D eigenvalue weighted by atomic mass is 35.5. The summed E-state index contributed by atoms with van der Waals surface area (Å²) >= 11 is 6.43. The van der Waals surface area contributed by atoms with E-state index in [1.54, 1.807) is 0 Å². The highest BCUT2D eigenvalue weighted by molar-refractivity contribution is 6.32. The van der Waals surface area contributed by atoms with Gasteiger partial charge in [-0.15, -0.1) is 0 Å². The van der Waals surface area contributed by atoms with Crippen LogP contribution in [0.2, 0.25) is 5.02 Å². The fraction of sp³-hybridized carbons (Fsp3) is 0.542. The van der Waals surface area contributed by atoms with Crippen molar-refractivity contribution in [2.24, 2.45) is 7.05 Å². The lowest BCUT2D eigenvalue weighted by Gasteiger charge is -2.47. The lowest BCUT2D eigenvalue weighted by molar-refractivity contribution is 0.0501. The number of ether oxygens (including phenoxy) is 1. The van der Waals surface area contributed by atoms with Crippen molar-refractivity contribution >= 4 is 29.1 Å². The highest BCUT2D eigenvalue weighted by Crippen LogP contribution is 2.39. The minimum atomic E-state index is -0.679. The third kappa shape index (κ3) is 5.18. The number of halogens is 2. The summed E-state index contributed by atoms with van der Waals surface area (Å²) < 4.78 is 22.5. The van der Waals surface area contributed by atoms with Crippen LogP contribution in [0.25, 0.3) is 5.69 Å². The van der Waals surface area contributed by atoms with E-state index in [-0.39, 0.29) is 47.9 Å². The minimum Gasteiger partial charge on any atom is -0.489 e. The molecule has 0 saturated carbocycles. The molecule has 2 atom stereocenters. The standard InChI is InChI=1S/C24H31ClFN9O3/c1-24(2)12-14(9-15-5-4-6-34(15)24)28-21-16(25)13-27-22(30-21)29-18-11-19(35-23(37)33(3)31-32-35)20(10-17(18)26)38-8-7-36/h10-11,13-15,36H,4-9,12H2,1-3H3,(H2,27,28,29,30)/t14-,15+/m1/s1. The van der Waals surface area contributed by atoms with Gasteiger partial charge in [-0.25, -0.2) is 14.2 Å². The number of rotatable bonds is 8. The number of aromatic nitrogens is 6. The second kappa shape index (κ2) is 10.5. The Balaban J connectivity index is 1.41. The lowest BCUT2D eigenvalue weighted by Crippen LogP contribution is -2.55. The van der Waals surface area contributed by atoms with Gasteiger partial charge in [0.25, 0.3) is 0 Å². The van der Waals surface area contributed by atoms with Crippen LogP contribution in [0.5, 0.6) is 5.75 Å². The Bertz CT molecular complexity index is 1380. The number of aryl methyl sites for hydroxylation is 1. The zero-order chi connectivity index (χ0) is 27.0. The van der Waals surface area contributed by atoms with Gasteiger partial charge in [-0.05, 0) is 62.6 Å². The molecule has 2 aromatic heterocycles. The zero-order valence-corrected chi connectivity index (χ0v) is 22.2. The van der Waals surface area contributed by atoms with Crippen molar-refractivity contribution < 1.29 is 14.2 Å². The molecule has 1 aromatic carbocycles. The van der Waals surface area contributed by atoms with Gasteiger partial charge in [0.2, 0.25) is 5.95 Å². The number of nitrogens with zero attached hydrogens (tertiary/aromatic N) is 7. The van der Waals surface area contributed by atoms with E-state index in [2.05, 4.69) is 49.8 Å². The van der Waals surface area contributed by atoms with E-state index < -0.39 is 11.5 Å². The average Bonchev–Trinajstić information content (AvgIpc) is 3.48. The van der Waals surface area contributed by atoms with Crippen LogP contribution in [0, 0.1) is 5.82 Å². The van der Waals surface area contributed by atoms with Gasteiger partial charge in [0, 0.05) is 30.7 Å². The molecule has 2 aliphatic heterocycles. The maximum absolute atomic E-state index is 15.1. The van der Waals surface area contributed by atoms with E-state index in [1.165, 1.54) is 32.2 Å². The molecule has 5 rings (SSSR count). The van der Waals surface area contributed by atoms with Crippen LogP contribution in [0.1, 0.15) is 39.5 Å². The first-order chi connectivity index (χ1) is 18.2. The molecule has 0 bridgehead atoms. The number of piperidine rings is 1. The largest absolute Gasteiger partial charge is 0.489 e. The Labute approximate surface area is 223 Å². The SMILES string of the molecule is Cn1nnn(-c2cc(Nc3ncc(Cl)c(N[C@@H]4C[C@@H]5CCCN5C(C)(C)C4)n3)c(F)cc2OCCO)c1=O. The summed E-state index contributed by atoms with van der Waals surface area (Å²) in [7, 11) is 1.44. The van der Waals surface area contributed by atoms with Gasteiger partial charge < -0.3 is 20.5 Å². The maximum Gasteiger partial charge on any atom is 0.368 e. The minimum absolute atomic E-state index is 0.0115. The van der Waals surface area contributed by atoms with E-state index in [0.29, 0.717) is 16.9 Å². The molecule has 2 fully saturated rings. The molecule has 3 aromatic rings. The molecule has 2 saturated heterocycles. The number of nitrogens with one attached hydrogen (secondary N) is 2. The second-order valence-corrected chi connectivity index (χ2v) is 10.7. The lowest BCUT2D eigenvalue weighted by atomic mass is 9.84. The molecule has 12 nitrogen and oxygen atoms in total. The summed E-state index contributed by atoms with van der Waals surface area (Å²) in [6.45, 7) is 5.28. The van der Waals surface area contributed by atoms with Gasteiger partial charge in [-0.2, -0.15) is 14.3 Å². The first-order valence-electron chi connectivity index (χ1n) is 12.6. The number of aliphatic hydroxyl groups excluding tert-OH is 1. The molecular weight excluding hydrogens is 517 g/mol. The molecule has 204 valence electrons. The monoisotopic (exact) mass is 547 g/mol. The summed E-state index contributed by atoms with van der Waals surface area (Å²) in [5, 5.41) is 23.4. The van der Waals surface area contributed by atoms with E-state index in [0.717, 1.165) is 34.8 Å². The molecule has 2 aliphatic rings. The molecule has 3 N–H and O–H groups in total. The van der Waals surface area contributed by atoms with Crippen LogP contribution in [0.15, 0.2) is 23.1 Å². The van der Waals surface area contributed by atoms with E-state index in [1.807, 2.05) is 0 Å². The quantitative estimate of drug-likeness (QED) is 0.386. The Morgan fingerprint density at radius 1 is 1.32 bits per heavy atom. The third-order valence-corrected chi connectivity index (χ3v) is 7.41. The van der Waals surface area contributed by atoms with Crippen LogP contribution in [0.4, 0.5) is 21.8 Å². The molecule has 0 aliphatic carbocycles. The van der Waals surface area contributed by atoms with Crippen molar-refractivity contribution in [1.29, 1.82) is 0 Å². The zero-order valence-electron chi connectivity index (χ0n) is 21.5. The molecule has 0 amide bonds. The van der Waals surface area contributed by atoms with Crippen molar-refractivity contribution in [3.8, 4) is 11.4 Å². The van der Waals surface area contributed by atoms with Crippen LogP contribution in [-0.2, 0) is 7.05 Å². The summed E-state index contributed by atoms with van der Waals surface area (Å²) in [5.41, 5.74) is -0.363. The smallest absolute Gasteiger partial charge is 0.368 e. The third-order valence-electron chi connectivity index (χ3n) is 7.14. The Morgan fingerprint density at radius 3 is 2.87 bits per heavy atom. The molecule has 14 heteroatoms. The van der Waals surface area contributed by atoms with E-state index in [4.69, 9.17) is 21.4 Å². The number of hydrogen-bond donors (Lipinski definition) is 3. The molecule has 0 spiro atoms. The Morgan fingerprint density at radius 2 is 2.13 bits per heavy atom. The van der Waals surface area contributed by atoms with Gasteiger partial charge in [0.15, 0.2) is 11.6 Å². The van der Waals surface area contributed by atoms with Crippen LogP contribution < -0.4 is 21.1 Å². The fourth-order valence-electron chi connectivity index (χ4n) is 5.50. The number of anilines is 3. The van der Waals surface area contributed by atoms with Crippen LogP contribution >= 0.6 is 11.6 Å². The fourth-order valence-corrected chi connectivity index (χ4v) is 5.65. The van der Waals surface area contributed by atoms with Crippen molar-refractivity contribution in [2.75, 3.05) is 30.4 Å². The summed E-state index contributed by atoms with van der Waals surface area (Å²) in [5.74, 6) is -0.0769. The molecule has 0 radical (unpaired) electrons. The van der Waals surface area contributed by atoms with Gasteiger partial charge in [-0.3, -0.25) is 4.90 Å². The average molecular weight is 548 g/mol. The van der Waals surface area contributed by atoms with E-state index >= 15 is 4.39 Å². The number of hydrogen-bond acceptors (Lipinski definition) is 10. The molecule has 4 heterocycles. The van der Waals surface area contributed by atoms with Crippen molar-refractivity contribution in [1.82, 2.24) is 34.7 Å². The van der Waals surface area contributed by atoms with Crippen molar-refractivity contribution in [3.05, 3.63) is 39.7 Å². The first kappa shape index (κ1) is 26.3. The maximum atomic E-state index is 15.1. The van der Waals surface area contributed by atoms with E-state index in [9.17, 15) is 4.79 Å². The Kier molecular flexibility index (Phi) is 7.25. The predicted octanol–water partition coefficient (Wildman–Crippen LogP) is 2.48. The molecule has 0 unspecified atom stereocenters. The molecular formula is C24H31ClFN9O3. The van der Waals surface area contributed by atoms with Crippen LogP contribution in [-0.4, -0.2) is 77.1 Å². The highest BCUT2D eigenvalue weighted by Gasteiger charge is 2.43. The number of tetrazole rings is 1. The summed E-state index contributed by atoms with van der Waals surface area (Å²) in [6, 6.07) is 3.15. The van der Waals surface area contributed by atoms with Gasteiger partial charge in [-0.1, -0.05) is 11.6 Å². The van der Waals surface area contributed by atoms with Crippen molar-refractivity contribution in [3.63, 3.8) is 0 Å². The van der Waals surface area contributed by atoms with Crippen LogP contribution in [0.3, 0.4) is 0 Å². The first-order valence-corrected chi connectivity index (χ1v) is 12.9. The topological polar surface area (TPSA) is 135 Å². The number of benzene rings is 1. The summed E-state index contributed by atoms with van der Waals surface area (Å²) in [6.07, 6.45) is 5.78. The van der Waals surface area contributed by atoms with Gasteiger partial charge in [0.05, 0.1) is 18.5 Å². The van der Waals surface area contributed by atoms with Crippen molar-refractivity contribution in [2.45, 2.75) is 57.2 Å². The van der Waals surface area contributed by atoms with Gasteiger partial charge >= 0.3 is 5.69 Å². The predicted molar refractivity (Wildman–Crippen MR) is 140 cm³/mol. The number of fused-ring (bicyclic) bond motifs is 1. The normalized spacial score (nSPS) is 20.8. The summed E-state index contributed by atoms with van der Waals surface area (Å²) in [4.78, 5) is 23.8. The Hall–Kier alpha value is -3.29. The molecule has 38 heavy (non-hydrogen) atoms.